The Balaban J connectivity index is 2.54. The molecule has 1 atom stereocenters. The van der Waals surface area contributed by atoms with Crippen molar-refractivity contribution in [3.63, 3.8) is 0 Å². The Morgan fingerprint density at radius 3 is 2.93 bits per heavy atom. The predicted octanol–water partition coefficient (Wildman–Crippen LogP) is 3.71. The molecule has 0 aromatic carbocycles. The van der Waals surface area contributed by atoms with Crippen LogP contribution < -0.4 is 4.74 Å². The van der Waals surface area contributed by atoms with Crippen molar-refractivity contribution < 1.29 is 4.74 Å². The molecular formula is C10H14BrClN2O. The zero-order valence-electron chi connectivity index (χ0n) is 8.83. The molecule has 0 spiro atoms. The van der Waals surface area contributed by atoms with E-state index in [0.717, 1.165) is 12.8 Å². The lowest BCUT2D eigenvalue weighted by molar-refractivity contribution is 0.241. The summed E-state index contributed by atoms with van der Waals surface area (Å²) >= 11 is 9.10. The van der Waals surface area contributed by atoms with E-state index in [2.05, 4.69) is 39.7 Å². The first-order valence-electron chi connectivity index (χ1n) is 4.94. The summed E-state index contributed by atoms with van der Waals surface area (Å²) in [5, 5.41) is 0.378. The van der Waals surface area contributed by atoms with E-state index in [0.29, 0.717) is 28.0 Å². The Labute approximate surface area is 103 Å². The highest BCUT2D eigenvalue weighted by molar-refractivity contribution is 9.10. The molecule has 1 unspecified atom stereocenters. The van der Waals surface area contributed by atoms with Gasteiger partial charge in [0.15, 0.2) is 5.15 Å². The highest BCUT2D eigenvalue weighted by atomic mass is 79.9. The van der Waals surface area contributed by atoms with Crippen LogP contribution in [0.15, 0.2) is 10.8 Å². The molecule has 0 aliphatic carbocycles. The Morgan fingerprint density at radius 1 is 1.53 bits per heavy atom. The van der Waals surface area contributed by atoms with Crippen LogP contribution in [0.2, 0.25) is 5.15 Å². The van der Waals surface area contributed by atoms with Gasteiger partial charge in [-0.3, -0.25) is 0 Å². The van der Waals surface area contributed by atoms with Crippen molar-refractivity contribution >= 4 is 27.5 Å². The molecule has 0 saturated heterocycles. The fourth-order valence-corrected chi connectivity index (χ4v) is 1.68. The highest BCUT2D eigenvalue weighted by Gasteiger charge is 2.09. The van der Waals surface area contributed by atoms with Crippen molar-refractivity contribution in [2.45, 2.75) is 26.7 Å². The molecule has 84 valence electrons. The lowest BCUT2D eigenvalue weighted by atomic mass is 10.1. The zero-order valence-corrected chi connectivity index (χ0v) is 11.2. The van der Waals surface area contributed by atoms with Crippen LogP contribution in [0.3, 0.4) is 0 Å². The zero-order chi connectivity index (χ0) is 11.3. The van der Waals surface area contributed by atoms with E-state index in [1.807, 2.05) is 0 Å². The molecule has 15 heavy (non-hydrogen) atoms. The van der Waals surface area contributed by atoms with Crippen molar-refractivity contribution in [2.75, 3.05) is 6.61 Å². The molecule has 1 rings (SSSR count). The Kier molecular flexibility index (Phi) is 5.32. The van der Waals surface area contributed by atoms with E-state index in [1.54, 1.807) is 0 Å². The van der Waals surface area contributed by atoms with Gasteiger partial charge in [-0.25, -0.2) is 9.97 Å². The number of hydrogen-bond donors (Lipinski definition) is 0. The number of nitrogens with zero attached hydrogens (tertiary/aromatic N) is 2. The summed E-state index contributed by atoms with van der Waals surface area (Å²) in [6.45, 7) is 4.97. The quantitative estimate of drug-likeness (QED) is 0.776. The van der Waals surface area contributed by atoms with Crippen LogP contribution in [-0.2, 0) is 0 Å². The molecule has 0 saturated carbocycles. The molecule has 0 bridgehead atoms. The molecule has 1 aromatic rings. The Morgan fingerprint density at radius 2 is 2.27 bits per heavy atom. The van der Waals surface area contributed by atoms with Crippen molar-refractivity contribution in [1.82, 2.24) is 9.97 Å². The lowest BCUT2D eigenvalue weighted by Gasteiger charge is -2.12. The molecule has 0 N–H and O–H groups in total. The molecule has 1 heterocycles. The number of halogens is 2. The topological polar surface area (TPSA) is 35.0 Å². The molecule has 0 aliphatic heterocycles. The molecule has 5 heteroatoms. The van der Waals surface area contributed by atoms with Gasteiger partial charge in [0.1, 0.15) is 10.8 Å². The van der Waals surface area contributed by atoms with E-state index in [9.17, 15) is 0 Å². The lowest BCUT2D eigenvalue weighted by Crippen LogP contribution is -2.09. The third kappa shape index (κ3) is 3.95. The second-order valence-electron chi connectivity index (χ2n) is 3.49. The summed E-state index contributed by atoms with van der Waals surface area (Å²) in [7, 11) is 0. The van der Waals surface area contributed by atoms with Crippen LogP contribution in [0.4, 0.5) is 0 Å². The monoisotopic (exact) mass is 292 g/mol. The summed E-state index contributed by atoms with van der Waals surface area (Å²) in [4.78, 5) is 7.84. The largest absolute Gasteiger partial charge is 0.476 e. The normalized spacial score (nSPS) is 12.5. The molecule has 1 aromatic heterocycles. The first-order valence-corrected chi connectivity index (χ1v) is 6.11. The summed E-state index contributed by atoms with van der Waals surface area (Å²) in [6, 6.07) is 0. The maximum atomic E-state index is 5.81. The second-order valence-corrected chi connectivity index (χ2v) is 4.64. The fraction of sp³-hybridized carbons (Fsp3) is 0.600. The van der Waals surface area contributed by atoms with Crippen LogP contribution >= 0.6 is 27.5 Å². The number of hydrogen-bond acceptors (Lipinski definition) is 3. The standard InChI is InChI=1S/C10H14BrClN2O/c1-3-4-7(2)5-15-10-8(11)9(12)13-6-14-10/h6-7H,3-5H2,1-2H3. The second kappa shape index (κ2) is 6.28. The van der Waals surface area contributed by atoms with Crippen molar-refractivity contribution in [3.05, 3.63) is 16.0 Å². The van der Waals surface area contributed by atoms with Gasteiger partial charge in [0.2, 0.25) is 5.88 Å². The first kappa shape index (κ1) is 12.7. The van der Waals surface area contributed by atoms with Gasteiger partial charge in [-0.2, -0.15) is 0 Å². The molecule has 0 amide bonds. The van der Waals surface area contributed by atoms with Crippen LogP contribution in [0.1, 0.15) is 26.7 Å². The van der Waals surface area contributed by atoms with Crippen molar-refractivity contribution in [1.29, 1.82) is 0 Å². The Bertz CT molecular complexity index is 322. The van der Waals surface area contributed by atoms with Gasteiger partial charge in [-0.15, -0.1) is 0 Å². The Hall–Kier alpha value is -0.350. The third-order valence-corrected chi connectivity index (χ3v) is 3.23. The number of aromatic nitrogens is 2. The summed E-state index contributed by atoms with van der Waals surface area (Å²) < 4.78 is 6.17. The summed E-state index contributed by atoms with van der Waals surface area (Å²) in [6.07, 6.45) is 3.71. The maximum absolute atomic E-state index is 5.81. The maximum Gasteiger partial charge on any atom is 0.232 e. The smallest absolute Gasteiger partial charge is 0.232 e. The highest BCUT2D eigenvalue weighted by Crippen LogP contribution is 2.28. The third-order valence-electron chi connectivity index (χ3n) is 2.00. The molecule has 0 fully saturated rings. The van der Waals surface area contributed by atoms with E-state index < -0.39 is 0 Å². The average molecular weight is 294 g/mol. The number of ether oxygens (including phenoxy) is 1. The minimum Gasteiger partial charge on any atom is -0.476 e. The van der Waals surface area contributed by atoms with Gasteiger partial charge in [-0.05, 0) is 28.3 Å². The molecular weight excluding hydrogens is 279 g/mol. The van der Waals surface area contributed by atoms with Crippen LogP contribution in [-0.4, -0.2) is 16.6 Å². The molecule has 3 nitrogen and oxygen atoms in total. The van der Waals surface area contributed by atoms with Crippen molar-refractivity contribution in [2.24, 2.45) is 5.92 Å². The van der Waals surface area contributed by atoms with E-state index in [4.69, 9.17) is 16.3 Å². The molecule has 0 radical (unpaired) electrons. The predicted molar refractivity (Wildman–Crippen MR) is 64.3 cm³/mol. The summed E-state index contributed by atoms with van der Waals surface area (Å²) in [5.74, 6) is 1.04. The SMILES string of the molecule is CCCC(C)COc1ncnc(Cl)c1Br. The minimum atomic E-state index is 0.378. The van der Waals surface area contributed by atoms with Crippen LogP contribution in [0.25, 0.3) is 0 Å². The van der Waals surface area contributed by atoms with Gasteiger partial charge in [0.25, 0.3) is 0 Å². The average Bonchev–Trinajstić information content (AvgIpc) is 2.21. The number of rotatable bonds is 5. The summed E-state index contributed by atoms with van der Waals surface area (Å²) in [5.41, 5.74) is 0. The van der Waals surface area contributed by atoms with Gasteiger partial charge >= 0.3 is 0 Å². The minimum absolute atomic E-state index is 0.378. The van der Waals surface area contributed by atoms with E-state index in [1.165, 1.54) is 6.33 Å². The van der Waals surface area contributed by atoms with Gasteiger partial charge in [0, 0.05) is 0 Å². The fourth-order valence-electron chi connectivity index (χ4n) is 1.23. The van der Waals surface area contributed by atoms with Gasteiger partial charge in [0.05, 0.1) is 6.61 Å². The van der Waals surface area contributed by atoms with Gasteiger partial charge in [-0.1, -0.05) is 31.9 Å². The van der Waals surface area contributed by atoms with Crippen LogP contribution in [0.5, 0.6) is 5.88 Å². The molecule has 0 aliphatic rings. The first-order chi connectivity index (χ1) is 7.15. The van der Waals surface area contributed by atoms with Crippen molar-refractivity contribution in [3.8, 4) is 5.88 Å². The van der Waals surface area contributed by atoms with E-state index >= 15 is 0 Å². The van der Waals surface area contributed by atoms with E-state index in [-0.39, 0.29) is 0 Å². The van der Waals surface area contributed by atoms with Gasteiger partial charge < -0.3 is 4.74 Å². The van der Waals surface area contributed by atoms with Crippen LogP contribution in [0, 0.1) is 5.92 Å².